The van der Waals surface area contributed by atoms with Crippen LogP contribution >= 0.6 is 11.3 Å². The molecule has 134 valence electrons. The summed E-state index contributed by atoms with van der Waals surface area (Å²) < 4.78 is 0. The van der Waals surface area contributed by atoms with Crippen LogP contribution in [0, 0.1) is 0 Å². The number of carboxylic acids is 1. The van der Waals surface area contributed by atoms with Gasteiger partial charge in [0.25, 0.3) is 0 Å². The predicted molar refractivity (Wildman–Crippen MR) is 101 cm³/mol. The van der Waals surface area contributed by atoms with Crippen LogP contribution in [0.25, 0.3) is 11.0 Å². The fourth-order valence-electron chi connectivity index (χ4n) is 3.26. The zero-order valence-corrected chi connectivity index (χ0v) is 15.2. The Bertz CT molecular complexity index is 936. The van der Waals surface area contributed by atoms with E-state index >= 15 is 0 Å². The first kappa shape index (κ1) is 16.9. The first-order chi connectivity index (χ1) is 12.6. The van der Waals surface area contributed by atoms with Crippen LogP contribution in [0.2, 0.25) is 0 Å². The minimum atomic E-state index is -0.916. The molecule has 26 heavy (non-hydrogen) atoms. The molecule has 0 amide bonds. The van der Waals surface area contributed by atoms with E-state index in [2.05, 4.69) is 43.8 Å². The number of anilines is 1. The van der Waals surface area contributed by atoms with Gasteiger partial charge in [-0.3, -0.25) is 14.9 Å². The number of aromatic carboxylic acids is 1. The van der Waals surface area contributed by atoms with Crippen LogP contribution in [-0.4, -0.2) is 57.1 Å². The van der Waals surface area contributed by atoms with Crippen molar-refractivity contribution in [3.05, 3.63) is 47.2 Å². The van der Waals surface area contributed by atoms with Crippen molar-refractivity contribution in [1.29, 1.82) is 0 Å². The van der Waals surface area contributed by atoms with Crippen molar-refractivity contribution in [3.8, 4) is 0 Å². The third-order valence-electron chi connectivity index (χ3n) is 4.81. The summed E-state index contributed by atoms with van der Waals surface area (Å²) in [5, 5.41) is 9.83. The van der Waals surface area contributed by atoms with Gasteiger partial charge in [0.1, 0.15) is 4.88 Å². The van der Waals surface area contributed by atoms with Gasteiger partial charge in [0.05, 0.1) is 17.2 Å². The second-order valence-corrected chi connectivity index (χ2v) is 7.32. The topological polar surface area (TPSA) is 82.5 Å². The molecule has 1 aliphatic rings. The Hall–Kier alpha value is -2.58. The third-order valence-corrected chi connectivity index (χ3v) is 5.86. The second-order valence-electron chi connectivity index (χ2n) is 6.32. The highest BCUT2D eigenvalue weighted by Crippen LogP contribution is 2.27. The van der Waals surface area contributed by atoms with Crippen molar-refractivity contribution in [2.45, 2.75) is 13.0 Å². The second kappa shape index (κ2) is 6.97. The van der Waals surface area contributed by atoms with Crippen molar-refractivity contribution in [2.24, 2.45) is 0 Å². The summed E-state index contributed by atoms with van der Waals surface area (Å²) in [6, 6.07) is 6.54. The molecule has 1 fully saturated rings. The molecule has 8 heteroatoms. The highest BCUT2D eigenvalue weighted by Gasteiger charge is 2.24. The van der Waals surface area contributed by atoms with E-state index in [4.69, 9.17) is 5.11 Å². The van der Waals surface area contributed by atoms with Crippen LogP contribution in [0.15, 0.2) is 36.8 Å². The third kappa shape index (κ3) is 3.25. The molecule has 0 bridgehead atoms. The number of hydrogen-bond acceptors (Lipinski definition) is 7. The fourth-order valence-corrected chi connectivity index (χ4v) is 4.07. The molecule has 0 spiro atoms. The quantitative estimate of drug-likeness (QED) is 0.757. The standard InChI is InChI=1S/C18H19N5O2S/c1-12(13-2-3-14-15(10-13)20-5-4-19-14)22-6-8-23(9-7-22)18-21-11-16(26-18)17(24)25/h2-5,10-12H,6-9H2,1H3,(H,24,25). The molecule has 3 heterocycles. The fraction of sp³-hybridized carbons (Fsp3) is 0.333. The molecule has 1 N–H and O–H groups in total. The van der Waals surface area contributed by atoms with Gasteiger partial charge in [0, 0.05) is 44.6 Å². The lowest BCUT2D eigenvalue weighted by molar-refractivity contribution is 0.0702. The maximum Gasteiger partial charge on any atom is 0.347 e. The average molecular weight is 369 g/mol. The number of rotatable bonds is 4. The summed E-state index contributed by atoms with van der Waals surface area (Å²) in [6.07, 6.45) is 4.86. The molecule has 4 rings (SSSR count). The van der Waals surface area contributed by atoms with Crippen molar-refractivity contribution < 1.29 is 9.90 Å². The molecule has 1 saturated heterocycles. The van der Waals surface area contributed by atoms with Crippen LogP contribution in [0.3, 0.4) is 0 Å². The summed E-state index contributed by atoms with van der Waals surface area (Å²) in [7, 11) is 0. The Morgan fingerprint density at radius 3 is 2.54 bits per heavy atom. The van der Waals surface area contributed by atoms with E-state index in [-0.39, 0.29) is 10.9 Å². The van der Waals surface area contributed by atoms with Gasteiger partial charge in [-0.25, -0.2) is 9.78 Å². The van der Waals surface area contributed by atoms with E-state index in [0.717, 1.165) is 42.3 Å². The number of aromatic nitrogens is 3. The average Bonchev–Trinajstić information content (AvgIpc) is 3.18. The monoisotopic (exact) mass is 369 g/mol. The number of benzene rings is 1. The van der Waals surface area contributed by atoms with Crippen LogP contribution < -0.4 is 4.90 Å². The minimum Gasteiger partial charge on any atom is -0.477 e. The number of thiazole rings is 1. The molecular weight excluding hydrogens is 350 g/mol. The normalized spacial score (nSPS) is 16.7. The first-order valence-corrected chi connectivity index (χ1v) is 9.32. The molecule has 3 aromatic rings. The molecule has 0 saturated carbocycles. The summed E-state index contributed by atoms with van der Waals surface area (Å²) in [6.45, 7) is 5.69. The highest BCUT2D eigenvalue weighted by molar-refractivity contribution is 7.17. The summed E-state index contributed by atoms with van der Waals surface area (Å²) in [5.74, 6) is -0.916. The zero-order chi connectivity index (χ0) is 18.1. The lowest BCUT2D eigenvalue weighted by Crippen LogP contribution is -2.47. The van der Waals surface area contributed by atoms with Crippen LogP contribution in [-0.2, 0) is 0 Å². The Kier molecular flexibility index (Phi) is 4.52. The Labute approximate surface area is 154 Å². The van der Waals surface area contributed by atoms with Gasteiger partial charge in [-0.05, 0) is 24.6 Å². The molecule has 0 radical (unpaired) electrons. The van der Waals surface area contributed by atoms with Crippen molar-refractivity contribution in [1.82, 2.24) is 19.9 Å². The van der Waals surface area contributed by atoms with Crippen LogP contribution in [0.4, 0.5) is 5.13 Å². The van der Waals surface area contributed by atoms with Crippen LogP contribution in [0.1, 0.15) is 28.2 Å². The Morgan fingerprint density at radius 2 is 1.85 bits per heavy atom. The molecule has 1 unspecified atom stereocenters. The van der Waals surface area contributed by atoms with E-state index in [1.54, 1.807) is 12.4 Å². The SMILES string of the molecule is CC(c1ccc2nccnc2c1)N1CCN(c2ncc(C(=O)O)s2)CC1. The summed E-state index contributed by atoms with van der Waals surface area (Å²) >= 11 is 1.24. The van der Waals surface area contributed by atoms with Gasteiger partial charge < -0.3 is 10.0 Å². The van der Waals surface area contributed by atoms with Crippen molar-refractivity contribution in [3.63, 3.8) is 0 Å². The lowest BCUT2D eigenvalue weighted by atomic mass is 10.1. The molecule has 1 aromatic carbocycles. The highest BCUT2D eigenvalue weighted by atomic mass is 32.1. The van der Waals surface area contributed by atoms with E-state index in [1.807, 2.05) is 6.07 Å². The molecule has 2 aromatic heterocycles. The largest absolute Gasteiger partial charge is 0.477 e. The van der Waals surface area contributed by atoms with Gasteiger partial charge in [0.15, 0.2) is 5.13 Å². The molecule has 1 aliphatic heterocycles. The Balaban J connectivity index is 1.43. The molecular formula is C18H19N5O2S. The van der Waals surface area contributed by atoms with E-state index < -0.39 is 5.97 Å². The lowest BCUT2D eigenvalue weighted by Gasteiger charge is -2.38. The van der Waals surface area contributed by atoms with Gasteiger partial charge in [0.2, 0.25) is 0 Å². The van der Waals surface area contributed by atoms with Crippen LogP contribution in [0.5, 0.6) is 0 Å². The van der Waals surface area contributed by atoms with E-state index in [0.29, 0.717) is 0 Å². The number of carboxylic acid groups (broad SMARTS) is 1. The van der Waals surface area contributed by atoms with Crippen molar-refractivity contribution >= 4 is 33.5 Å². The number of fused-ring (bicyclic) bond motifs is 1. The minimum absolute atomic E-state index is 0.285. The zero-order valence-electron chi connectivity index (χ0n) is 14.4. The molecule has 7 nitrogen and oxygen atoms in total. The predicted octanol–water partition coefficient (Wildman–Crippen LogP) is 2.67. The molecule has 1 atom stereocenters. The van der Waals surface area contributed by atoms with Gasteiger partial charge in [-0.15, -0.1) is 0 Å². The smallest absolute Gasteiger partial charge is 0.347 e. The maximum absolute atomic E-state index is 11.0. The van der Waals surface area contributed by atoms with Gasteiger partial charge >= 0.3 is 5.97 Å². The van der Waals surface area contributed by atoms with Gasteiger partial charge in [-0.2, -0.15) is 0 Å². The number of piperazine rings is 1. The summed E-state index contributed by atoms with van der Waals surface area (Å²) in [5.41, 5.74) is 3.06. The molecule has 0 aliphatic carbocycles. The van der Waals surface area contributed by atoms with E-state index in [9.17, 15) is 4.79 Å². The maximum atomic E-state index is 11.0. The van der Waals surface area contributed by atoms with E-state index in [1.165, 1.54) is 23.1 Å². The van der Waals surface area contributed by atoms with Gasteiger partial charge in [-0.1, -0.05) is 17.4 Å². The summed E-state index contributed by atoms with van der Waals surface area (Å²) in [4.78, 5) is 28.9. The van der Waals surface area contributed by atoms with Crippen molar-refractivity contribution in [2.75, 3.05) is 31.1 Å². The number of nitrogens with zero attached hydrogens (tertiary/aromatic N) is 5. The Morgan fingerprint density at radius 1 is 1.12 bits per heavy atom. The number of hydrogen-bond donors (Lipinski definition) is 1. The number of carbonyl (C=O) groups is 1. The first-order valence-electron chi connectivity index (χ1n) is 8.50.